The molecule has 0 spiro atoms. The largest absolute Gasteiger partial charge is 0.437 e. The average molecular weight is 323 g/mol. The summed E-state index contributed by atoms with van der Waals surface area (Å²) in [6.45, 7) is 4.07. The first-order valence-electron chi connectivity index (χ1n) is 5.98. The second-order valence-corrected chi connectivity index (χ2v) is 5.41. The van der Waals surface area contributed by atoms with Crippen molar-refractivity contribution in [3.8, 4) is 11.6 Å². The van der Waals surface area contributed by atoms with E-state index in [9.17, 15) is 5.11 Å². The maximum Gasteiger partial charge on any atom is 0.219 e. The third-order valence-electron chi connectivity index (χ3n) is 2.56. The van der Waals surface area contributed by atoms with Crippen molar-refractivity contribution < 1.29 is 9.84 Å². The van der Waals surface area contributed by atoms with Crippen LogP contribution in [0.4, 0.5) is 0 Å². The first-order valence-corrected chi connectivity index (χ1v) is 6.78. The van der Waals surface area contributed by atoms with Gasteiger partial charge in [0.2, 0.25) is 5.88 Å². The van der Waals surface area contributed by atoms with Crippen LogP contribution in [0.5, 0.6) is 11.6 Å². The second-order valence-electron chi connectivity index (χ2n) is 4.49. The Labute approximate surface area is 120 Å². The Morgan fingerprint density at radius 2 is 2.05 bits per heavy atom. The molecular weight excluding hydrogens is 308 g/mol. The minimum Gasteiger partial charge on any atom is -0.437 e. The molecule has 5 heteroatoms. The first kappa shape index (κ1) is 14.0. The van der Waals surface area contributed by atoms with Crippen molar-refractivity contribution in [3.05, 3.63) is 46.3 Å². The van der Waals surface area contributed by atoms with Crippen molar-refractivity contribution >= 4 is 15.9 Å². The lowest BCUT2D eigenvalue weighted by atomic mass is 10.1. The van der Waals surface area contributed by atoms with E-state index in [1.54, 1.807) is 18.5 Å². The Morgan fingerprint density at radius 3 is 2.68 bits per heavy atom. The van der Waals surface area contributed by atoms with Crippen LogP contribution in [-0.2, 0) is 6.61 Å². The van der Waals surface area contributed by atoms with Crippen LogP contribution >= 0.6 is 15.9 Å². The van der Waals surface area contributed by atoms with E-state index in [1.807, 2.05) is 26.0 Å². The summed E-state index contributed by atoms with van der Waals surface area (Å²) in [5.74, 6) is 1.34. The van der Waals surface area contributed by atoms with Gasteiger partial charge in [-0.25, -0.2) is 4.98 Å². The van der Waals surface area contributed by atoms with E-state index in [1.165, 1.54) is 0 Å². The summed E-state index contributed by atoms with van der Waals surface area (Å²) < 4.78 is 6.52. The summed E-state index contributed by atoms with van der Waals surface area (Å²) in [6, 6.07) is 5.43. The standard InChI is InChI=1S/C14H15BrN2O2/c1-9(2)13-3-10(8-18)4-14(17-13)19-12-5-11(15)6-16-7-12/h3-7,9,18H,8H2,1-2H3. The summed E-state index contributed by atoms with van der Waals surface area (Å²) in [4.78, 5) is 8.46. The van der Waals surface area contributed by atoms with Gasteiger partial charge in [0, 0.05) is 22.4 Å². The lowest BCUT2D eigenvalue weighted by Crippen LogP contribution is -1.98. The van der Waals surface area contributed by atoms with Crippen LogP contribution in [0.25, 0.3) is 0 Å². The molecule has 0 saturated heterocycles. The number of pyridine rings is 2. The van der Waals surface area contributed by atoms with Gasteiger partial charge < -0.3 is 9.84 Å². The molecule has 2 aromatic rings. The van der Waals surface area contributed by atoms with Gasteiger partial charge in [-0.05, 0) is 39.5 Å². The topological polar surface area (TPSA) is 55.2 Å². The molecule has 0 aromatic carbocycles. The van der Waals surface area contributed by atoms with E-state index < -0.39 is 0 Å². The van der Waals surface area contributed by atoms with Gasteiger partial charge in [0.25, 0.3) is 0 Å². The van der Waals surface area contributed by atoms with E-state index in [0.717, 1.165) is 15.7 Å². The molecule has 0 fully saturated rings. The molecule has 0 atom stereocenters. The van der Waals surface area contributed by atoms with Gasteiger partial charge in [-0.3, -0.25) is 4.98 Å². The SMILES string of the molecule is CC(C)c1cc(CO)cc(Oc2cncc(Br)c2)n1. The average Bonchev–Trinajstić information content (AvgIpc) is 2.38. The molecule has 1 N–H and O–H groups in total. The third-order valence-corrected chi connectivity index (χ3v) is 2.99. The molecule has 0 saturated carbocycles. The van der Waals surface area contributed by atoms with Gasteiger partial charge in [-0.1, -0.05) is 13.8 Å². The van der Waals surface area contributed by atoms with Crippen molar-refractivity contribution in [3.63, 3.8) is 0 Å². The van der Waals surface area contributed by atoms with Gasteiger partial charge in [0.05, 0.1) is 12.8 Å². The predicted octanol–water partition coefficient (Wildman–Crippen LogP) is 3.65. The van der Waals surface area contributed by atoms with E-state index in [0.29, 0.717) is 11.6 Å². The van der Waals surface area contributed by atoms with Crippen LogP contribution in [0, 0.1) is 0 Å². The molecular formula is C14H15BrN2O2. The molecule has 0 aliphatic rings. The number of halogens is 1. The predicted molar refractivity (Wildman–Crippen MR) is 76.3 cm³/mol. The highest BCUT2D eigenvalue weighted by molar-refractivity contribution is 9.10. The lowest BCUT2D eigenvalue weighted by molar-refractivity contribution is 0.280. The molecule has 0 aliphatic carbocycles. The fourth-order valence-electron chi connectivity index (χ4n) is 1.59. The van der Waals surface area contributed by atoms with Gasteiger partial charge in [-0.15, -0.1) is 0 Å². The number of ether oxygens (including phenoxy) is 1. The number of hydrogen-bond acceptors (Lipinski definition) is 4. The maximum absolute atomic E-state index is 9.28. The van der Waals surface area contributed by atoms with Gasteiger partial charge >= 0.3 is 0 Å². The number of rotatable bonds is 4. The summed E-state index contributed by atoms with van der Waals surface area (Å²) in [7, 11) is 0. The molecule has 19 heavy (non-hydrogen) atoms. The zero-order chi connectivity index (χ0) is 13.8. The highest BCUT2D eigenvalue weighted by Crippen LogP contribution is 2.25. The van der Waals surface area contributed by atoms with Crippen LogP contribution in [0.2, 0.25) is 0 Å². The Balaban J connectivity index is 2.31. The second kappa shape index (κ2) is 6.12. The number of aromatic nitrogens is 2. The van der Waals surface area contributed by atoms with E-state index >= 15 is 0 Å². The van der Waals surface area contributed by atoms with E-state index in [4.69, 9.17) is 4.74 Å². The fourth-order valence-corrected chi connectivity index (χ4v) is 1.93. The zero-order valence-electron chi connectivity index (χ0n) is 10.8. The third kappa shape index (κ3) is 3.75. The summed E-state index contributed by atoms with van der Waals surface area (Å²) in [6.07, 6.45) is 3.30. The normalized spacial score (nSPS) is 10.8. The highest BCUT2D eigenvalue weighted by Gasteiger charge is 2.08. The van der Waals surface area contributed by atoms with Crippen LogP contribution in [0.1, 0.15) is 31.0 Å². The molecule has 2 rings (SSSR count). The summed E-state index contributed by atoms with van der Waals surface area (Å²) in [5, 5.41) is 9.28. The van der Waals surface area contributed by atoms with Gasteiger partial charge in [0.1, 0.15) is 5.75 Å². The van der Waals surface area contributed by atoms with Crippen LogP contribution < -0.4 is 4.74 Å². The smallest absolute Gasteiger partial charge is 0.219 e. The van der Waals surface area contributed by atoms with Crippen LogP contribution in [-0.4, -0.2) is 15.1 Å². The lowest BCUT2D eigenvalue weighted by Gasteiger charge is -2.11. The summed E-state index contributed by atoms with van der Waals surface area (Å²) >= 11 is 3.34. The molecule has 0 aliphatic heterocycles. The van der Waals surface area contributed by atoms with Crippen molar-refractivity contribution in [2.45, 2.75) is 26.4 Å². The van der Waals surface area contributed by atoms with Crippen molar-refractivity contribution in [2.75, 3.05) is 0 Å². The Kier molecular flexibility index (Phi) is 4.50. The molecule has 100 valence electrons. The minimum atomic E-state index is -0.0324. The Morgan fingerprint density at radius 1 is 1.26 bits per heavy atom. The summed E-state index contributed by atoms with van der Waals surface area (Å²) in [5.41, 5.74) is 1.68. The molecule has 4 nitrogen and oxygen atoms in total. The van der Waals surface area contributed by atoms with Crippen molar-refractivity contribution in [2.24, 2.45) is 0 Å². The fraction of sp³-hybridized carbons (Fsp3) is 0.286. The molecule has 0 bridgehead atoms. The quantitative estimate of drug-likeness (QED) is 0.933. The minimum absolute atomic E-state index is 0.0324. The van der Waals surface area contributed by atoms with Crippen molar-refractivity contribution in [1.29, 1.82) is 0 Å². The Hall–Kier alpha value is -1.46. The zero-order valence-corrected chi connectivity index (χ0v) is 12.4. The van der Waals surface area contributed by atoms with Gasteiger partial charge in [0.15, 0.2) is 0 Å². The van der Waals surface area contributed by atoms with E-state index in [-0.39, 0.29) is 12.5 Å². The maximum atomic E-state index is 9.28. The van der Waals surface area contributed by atoms with Crippen LogP contribution in [0.15, 0.2) is 35.1 Å². The number of hydrogen-bond donors (Lipinski definition) is 1. The number of aliphatic hydroxyl groups excluding tert-OH is 1. The van der Waals surface area contributed by atoms with Crippen molar-refractivity contribution in [1.82, 2.24) is 9.97 Å². The molecule has 0 radical (unpaired) electrons. The molecule has 0 amide bonds. The number of nitrogens with zero attached hydrogens (tertiary/aromatic N) is 2. The Bertz CT molecular complexity index is 573. The molecule has 0 unspecified atom stereocenters. The van der Waals surface area contributed by atoms with Gasteiger partial charge in [-0.2, -0.15) is 0 Å². The molecule has 2 aromatic heterocycles. The highest BCUT2D eigenvalue weighted by atomic mass is 79.9. The van der Waals surface area contributed by atoms with E-state index in [2.05, 4.69) is 25.9 Å². The first-order chi connectivity index (χ1) is 9.08. The van der Waals surface area contributed by atoms with Crippen LogP contribution in [0.3, 0.4) is 0 Å². The molecule has 2 heterocycles. The monoisotopic (exact) mass is 322 g/mol. The number of aliphatic hydroxyl groups is 1.